The van der Waals surface area contributed by atoms with Crippen LogP contribution in [0.4, 0.5) is 0 Å². The fourth-order valence-electron chi connectivity index (χ4n) is 1.69. The van der Waals surface area contributed by atoms with E-state index in [-0.39, 0.29) is 0 Å². The first-order chi connectivity index (χ1) is 11.4. The molecule has 25 heavy (non-hydrogen) atoms. The molecule has 1 aromatic heterocycles. The monoisotopic (exact) mass is 346 g/mol. The van der Waals surface area contributed by atoms with Gasteiger partial charge in [0.15, 0.2) is 0 Å². The maximum atomic E-state index is 3.95. The van der Waals surface area contributed by atoms with Crippen molar-refractivity contribution < 1.29 is 0 Å². The Labute approximate surface area is 155 Å². The molecule has 0 radical (unpaired) electrons. The van der Waals surface area contributed by atoms with E-state index in [9.17, 15) is 0 Å². The van der Waals surface area contributed by atoms with Crippen molar-refractivity contribution in [3.05, 3.63) is 52.9 Å². The lowest BCUT2D eigenvalue weighted by atomic mass is 10.1. The van der Waals surface area contributed by atoms with Crippen LogP contribution in [0, 0.1) is 40.5 Å². The molecule has 0 saturated carbocycles. The lowest BCUT2D eigenvalue weighted by Crippen LogP contribution is -1.99. The molecule has 2 aromatic rings. The van der Waals surface area contributed by atoms with Gasteiger partial charge in [-0.1, -0.05) is 55.7 Å². The maximum Gasteiger partial charge on any atom is 0.129 e. The highest BCUT2D eigenvalue weighted by Gasteiger charge is 1.87. The number of hydrogen-bond acceptors (Lipinski definition) is 4. The van der Waals surface area contributed by atoms with Crippen LogP contribution in [0.1, 0.15) is 49.1 Å². The molecule has 4 heteroatoms. The van der Waals surface area contributed by atoms with Crippen LogP contribution < -0.4 is 0 Å². The number of aromatic nitrogens is 3. The van der Waals surface area contributed by atoms with Gasteiger partial charge in [0.05, 0.1) is 0 Å². The standard InChI is InChI=1S/C9H12.C5H7N3.C4H10.C3H9N/c1-7-4-8(2)6-9(3)5-7;1-4-6-3-7-5(2)8-4;2*1-4(2)3/h4-6H,1-3H3;3H,1-2H3;4H,1-3H3;1-3H3. The van der Waals surface area contributed by atoms with Crippen molar-refractivity contribution in [3.8, 4) is 0 Å². The Hall–Kier alpha value is -1.81. The van der Waals surface area contributed by atoms with E-state index >= 15 is 0 Å². The maximum absolute atomic E-state index is 3.95. The first-order valence-corrected chi connectivity index (χ1v) is 8.72. The summed E-state index contributed by atoms with van der Waals surface area (Å²) in [5.41, 5.74) is 4.06. The van der Waals surface area contributed by atoms with Gasteiger partial charge in [-0.05, 0) is 61.7 Å². The molecule has 1 aromatic carbocycles. The highest BCUT2D eigenvalue weighted by molar-refractivity contribution is 5.27. The van der Waals surface area contributed by atoms with Crippen LogP contribution in [0.25, 0.3) is 0 Å². The van der Waals surface area contributed by atoms with Gasteiger partial charge >= 0.3 is 0 Å². The quantitative estimate of drug-likeness (QED) is 0.677. The lowest BCUT2D eigenvalue weighted by Gasteiger charge is -1.96. The molecule has 4 nitrogen and oxygen atoms in total. The van der Waals surface area contributed by atoms with Crippen LogP contribution in [-0.4, -0.2) is 41.0 Å². The highest BCUT2D eigenvalue weighted by Crippen LogP contribution is 2.06. The number of benzene rings is 1. The Bertz CT molecular complexity index is 499. The largest absolute Gasteiger partial charge is 0.312 e. The topological polar surface area (TPSA) is 41.9 Å². The summed E-state index contributed by atoms with van der Waals surface area (Å²) in [6.45, 7) is 16.6. The summed E-state index contributed by atoms with van der Waals surface area (Å²) in [7, 11) is 6.00. The molecule has 0 amide bonds. The predicted octanol–water partition coefficient (Wildman–Crippen LogP) is 4.94. The van der Waals surface area contributed by atoms with Gasteiger partial charge in [0.25, 0.3) is 0 Å². The van der Waals surface area contributed by atoms with Gasteiger partial charge < -0.3 is 4.90 Å². The van der Waals surface area contributed by atoms with Crippen molar-refractivity contribution in [2.45, 2.75) is 55.4 Å². The first-order valence-electron chi connectivity index (χ1n) is 8.72. The van der Waals surface area contributed by atoms with Crippen molar-refractivity contribution in [3.63, 3.8) is 0 Å². The van der Waals surface area contributed by atoms with Gasteiger partial charge in [-0.3, -0.25) is 0 Å². The molecule has 1 heterocycles. The normalized spacial score (nSPS) is 9.32. The fraction of sp³-hybridized carbons (Fsp3) is 0.571. The molecule has 0 fully saturated rings. The van der Waals surface area contributed by atoms with E-state index in [0.717, 1.165) is 17.6 Å². The molecule has 0 atom stereocenters. The van der Waals surface area contributed by atoms with E-state index in [2.05, 4.69) is 74.7 Å². The van der Waals surface area contributed by atoms with E-state index in [1.807, 2.05) is 39.9 Å². The molecule has 142 valence electrons. The van der Waals surface area contributed by atoms with Crippen LogP contribution >= 0.6 is 0 Å². The highest BCUT2D eigenvalue weighted by atomic mass is 15.0. The molecule has 0 unspecified atom stereocenters. The molecule has 0 aliphatic rings. The second kappa shape index (κ2) is 14.5. The molecular weight excluding hydrogens is 308 g/mol. The van der Waals surface area contributed by atoms with Gasteiger partial charge in [-0.2, -0.15) is 0 Å². The molecule has 0 spiro atoms. The van der Waals surface area contributed by atoms with Crippen molar-refractivity contribution in [1.82, 2.24) is 19.9 Å². The Morgan fingerprint density at radius 1 is 0.680 bits per heavy atom. The molecule has 0 aliphatic carbocycles. The minimum Gasteiger partial charge on any atom is -0.312 e. The number of rotatable bonds is 0. The van der Waals surface area contributed by atoms with Gasteiger partial charge in [-0.15, -0.1) is 0 Å². The van der Waals surface area contributed by atoms with E-state index in [1.165, 1.54) is 23.0 Å². The van der Waals surface area contributed by atoms with Gasteiger partial charge in [0.1, 0.15) is 18.0 Å². The van der Waals surface area contributed by atoms with Crippen molar-refractivity contribution in [2.75, 3.05) is 21.1 Å². The molecular formula is C21H38N4. The Balaban J connectivity index is 0. The molecule has 0 N–H and O–H groups in total. The SMILES string of the molecule is CC(C)C.CN(C)C.Cc1cc(C)cc(C)c1.Cc1ncnc(C)n1. The third-order valence-electron chi connectivity index (χ3n) is 2.18. The van der Waals surface area contributed by atoms with Crippen molar-refractivity contribution in [1.29, 1.82) is 0 Å². The Morgan fingerprint density at radius 3 is 1.08 bits per heavy atom. The predicted molar refractivity (Wildman–Crippen MR) is 110 cm³/mol. The minimum absolute atomic E-state index is 0.775. The van der Waals surface area contributed by atoms with Gasteiger partial charge in [-0.25, -0.2) is 15.0 Å². The molecule has 0 aliphatic heterocycles. The average Bonchev–Trinajstić information content (AvgIpc) is 2.35. The fourth-order valence-corrected chi connectivity index (χ4v) is 1.69. The number of nitrogens with zero attached hydrogens (tertiary/aromatic N) is 4. The van der Waals surface area contributed by atoms with E-state index in [0.29, 0.717) is 0 Å². The van der Waals surface area contributed by atoms with Gasteiger partial charge in [0.2, 0.25) is 0 Å². The van der Waals surface area contributed by atoms with Crippen LogP contribution in [0.5, 0.6) is 0 Å². The zero-order valence-electron chi connectivity index (χ0n) is 18.2. The lowest BCUT2D eigenvalue weighted by molar-refractivity contribution is 0.505. The summed E-state index contributed by atoms with van der Waals surface area (Å²) in [6.07, 6.45) is 1.51. The number of aryl methyl sites for hydroxylation is 5. The van der Waals surface area contributed by atoms with Crippen molar-refractivity contribution >= 4 is 0 Å². The van der Waals surface area contributed by atoms with Crippen LogP contribution in [0.15, 0.2) is 24.5 Å². The third kappa shape index (κ3) is 22.2. The second-order valence-corrected chi connectivity index (χ2v) is 7.32. The summed E-state index contributed by atoms with van der Waals surface area (Å²) in [5.74, 6) is 2.38. The third-order valence-corrected chi connectivity index (χ3v) is 2.18. The van der Waals surface area contributed by atoms with Crippen LogP contribution in [-0.2, 0) is 0 Å². The second-order valence-electron chi connectivity index (χ2n) is 7.32. The van der Waals surface area contributed by atoms with Crippen LogP contribution in [0.2, 0.25) is 0 Å². The van der Waals surface area contributed by atoms with E-state index in [4.69, 9.17) is 0 Å². The molecule has 2 rings (SSSR count). The van der Waals surface area contributed by atoms with Gasteiger partial charge in [0, 0.05) is 0 Å². The number of hydrogen-bond donors (Lipinski definition) is 0. The average molecular weight is 347 g/mol. The first kappa shape index (κ1) is 25.4. The Kier molecular flexibility index (Phi) is 14.8. The minimum atomic E-state index is 0.775. The summed E-state index contributed by atoms with van der Waals surface area (Å²) < 4.78 is 0. The summed E-state index contributed by atoms with van der Waals surface area (Å²) in [6, 6.07) is 6.56. The van der Waals surface area contributed by atoms with E-state index < -0.39 is 0 Å². The summed E-state index contributed by atoms with van der Waals surface area (Å²) >= 11 is 0. The molecule has 0 bridgehead atoms. The molecule has 0 saturated heterocycles. The smallest absolute Gasteiger partial charge is 0.129 e. The van der Waals surface area contributed by atoms with E-state index in [1.54, 1.807) is 0 Å². The summed E-state index contributed by atoms with van der Waals surface area (Å²) in [5, 5.41) is 0. The Morgan fingerprint density at radius 2 is 0.920 bits per heavy atom. The summed E-state index contributed by atoms with van der Waals surface area (Å²) in [4.78, 5) is 13.6. The zero-order valence-corrected chi connectivity index (χ0v) is 18.2. The van der Waals surface area contributed by atoms with Crippen molar-refractivity contribution in [2.24, 2.45) is 5.92 Å². The zero-order chi connectivity index (χ0) is 20.0. The van der Waals surface area contributed by atoms with Crippen LogP contribution in [0.3, 0.4) is 0 Å².